The molecule has 1 saturated heterocycles. The summed E-state index contributed by atoms with van der Waals surface area (Å²) in [6.07, 6.45) is 0. The fourth-order valence-electron chi connectivity index (χ4n) is 2.49. The van der Waals surface area contributed by atoms with Crippen molar-refractivity contribution in [2.45, 2.75) is 16.7 Å². The van der Waals surface area contributed by atoms with Crippen LogP contribution < -0.4 is 5.43 Å². The van der Waals surface area contributed by atoms with Crippen LogP contribution in [0.4, 0.5) is 0 Å². The van der Waals surface area contributed by atoms with E-state index in [1.165, 1.54) is 12.1 Å². The molecule has 1 aliphatic heterocycles. The highest BCUT2D eigenvalue weighted by atomic mass is 35.5. The lowest BCUT2D eigenvalue weighted by Gasteiger charge is -2.16. The van der Waals surface area contributed by atoms with Crippen LogP contribution in [0.2, 0.25) is 5.02 Å². The molecule has 1 atom stereocenters. The minimum absolute atomic E-state index is 0.148. The molecule has 0 bridgehead atoms. The molecule has 2 aromatic rings. The van der Waals surface area contributed by atoms with Gasteiger partial charge >= 0.3 is 5.97 Å². The minimum Gasteiger partial charge on any atom is -0.465 e. The maximum Gasteiger partial charge on any atom is 0.337 e. The third-order valence-corrected chi connectivity index (χ3v) is 5.45. The van der Waals surface area contributed by atoms with E-state index in [0.29, 0.717) is 21.0 Å². The Hall–Kier alpha value is -2.51. The lowest BCUT2D eigenvalue weighted by molar-refractivity contribution is -0.130. The van der Waals surface area contributed by atoms with Crippen LogP contribution in [0.15, 0.2) is 53.4 Å². The van der Waals surface area contributed by atoms with Gasteiger partial charge in [0, 0.05) is 4.90 Å². The summed E-state index contributed by atoms with van der Waals surface area (Å²) < 4.78 is 4.69. The maximum absolute atomic E-state index is 12.6. The Balaban J connectivity index is 1.73. The number of nitrogens with one attached hydrogen (secondary N) is 1. The monoisotopic (exact) mass is 390 g/mol. The molecule has 0 aromatic heterocycles. The van der Waals surface area contributed by atoms with Crippen LogP contribution in [0.1, 0.15) is 15.9 Å². The molecule has 2 aromatic carbocycles. The van der Waals surface area contributed by atoms with E-state index in [4.69, 9.17) is 11.6 Å². The Morgan fingerprint density at radius 3 is 2.73 bits per heavy atom. The number of esters is 1. The van der Waals surface area contributed by atoms with E-state index >= 15 is 0 Å². The standard InChI is InChI=1S/C18H15ClN2O4S/c1-25-18(24)12-6-4-5-11(9-12)10-21-17(23)15(16(22)20-21)26-14-8-3-2-7-13(14)19/h2-9,15H,10H2,1H3,(H,20,22). The average Bonchev–Trinajstić information content (AvgIpc) is 2.90. The van der Waals surface area contributed by atoms with Crippen molar-refractivity contribution in [3.8, 4) is 0 Å². The number of carbonyl (C=O) groups is 3. The first-order valence-electron chi connectivity index (χ1n) is 7.70. The lowest BCUT2D eigenvalue weighted by Crippen LogP contribution is -2.35. The summed E-state index contributed by atoms with van der Waals surface area (Å²) in [5.74, 6) is -1.22. The summed E-state index contributed by atoms with van der Waals surface area (Å²) in [6, 6.07) is 13.7. The number of hydrazine groups is 1. The minimum atomic E-state index is -0.904. The second kappa shape index (κ2) is 7.80. The van der Waals surface area contributed by atoms with Crippen molar-refractivity contribution in [3.05, 3.63) is 64.7 Å². The Morgan fingerprint density at radius 1 is 1.23 bits per heavy atom. The number of amides is 2. The van der Waals surface area contributed by atoms with Crippen molar-refractivity contribution in [1.82, 2.24) is 10.4 Å². The Morgan fingerprint density at radius 2 is 2.00 bits per heavy atom. The molecule has 134 valence electrons. The number of rotatable bonds is 5. The fraction of sp³-hybridized carbons (Fsp3) is 0.167. The van der Waals surface area contributed by atoms with Crippen molar-refractivity contribution >= 4 is 41.1 Å². The third kappa shape index (κ3) is 3.84. The van der Waals surface area contributed by atoms with Gasteiger partial charge in [-0.2, -0.15) is 0 Å². The molecule has 26 heavy (non-hydrogen) atoms. The van der Waals surface area contributed by atoms with E-state index in [1.807, 2.05) is 0 Å². The van der Waals surface area contributed by atoms with Gasteiger partial charge in [-0.25, -0.2) is 9.80 Å². The second-order valence-corrected chi connectivity index (χ2v) is 7.07. The van der Waals surface area contributed by atoms with Gasteiger partial charge in [0.25, 0.3) is 11.8 Å². The number of hydrogen-bond acceptors (Lipinski definition) is 5. The van der Waals surface area contributed by atoms with Crippen molar-refractivity contribution in [1.29, 1.82) is 0 Å². The van der Waals surface area contributed by atoms with Gasteiger partial charge in [0.15, 0.2) is 5.25 Å². The quantitative estimate of drug-likeness (QED) is 0.627. The first-order chi connectivity index (χ1) is 12.5. The van der Waals surface area contributed by atoms with Crippen molar-refractivity contribution in [3.63, 3.8) is 0 Å². The van der Waals surface area contributed by atoms with Gasteiger partial charge in [-0.15, -0.1) is 11.8 Å². The number of methoxy groups -OCH3 is 1. The van der Waals surface area contributed by atoms with Crippen molar-refractivity contribution < 1.29 is 19.1 Å². The number of carbonyl (C=O) groups excluding carboxylic acids is 3. The average molecular weight is 391 g/mol. The molecule has 0 saturated carbocycles. The zero-order valence-electron chi connectivity index (χ0n) is 13.8. The molecule has 1 unspecified atom stereocenters. The molecule has 1 fully saturated rings. The topological polar surface area (TPSA) is 75.7 Å². The number of hydrogen-bond donors (Lipinski definition) is 1. The molecular formula is C18H15ClN2O4S. The van der Waals surface area contributed by atoms with Gasteiger partial charge in [-0.1, -0.05) is 35.9 Å². The smallest absolute Gasteiger partial charge is 0.337 e. The first-order valence-corrected chi connectivity index (χ1v) is 8.95. The van der Waals surface area contributed by atoms with Gasteiger partial charge in [0.05, 0.1) is 24.2 Å². The number of nitrogens with zero attached hydrogens (tertiary/aromatic N) is 1. The summed E-state index contributed by atoms with van der Waals surface area (Å²) in [6.45, 7) is 0.148. The molecule has 1 aliphatic rings. The van der Waals surface area contributed by atoms with E-state index in [9.17, 15) is 14.4 Å². The van der Waals surface area contributed by atoms with Crippen LogP contribution in [0.3, 0.4) is 0 Å². The SMILES string of the molecule is COC(=O)c1cccc(CN2NC(=O)C(Sc3ccccc3Cl)C2=O)c1. The van der Waals surface area contributed by atoms with E-state index in [0.717, 1.165) is 11.8 Å². The third-order valence-electron chi connectivity index (χ3n) is 3.74. The van der Waals surface area contributed by atoms with Gasteiger partial charge in [-0.3, -0.25) is 15.0 Å². The first kappa shape index (κ1) is 18.3. The maximum atomic E-state index is 12.6. The van der Waals surface area contributed by atoms with E-state index in [1.54, 1.807) is 48.5 Å². The second-order valence-electron chi connectivity index (χ2n) is 5.52. The van der Waals surface area contributed by atoms with Gasteiger partial charge in [-0.05, 0) is 29.8 Å². The predicted octanol–water partition coefficient (Wildman–Crippen LogP) is 2.66. The lowest BCUT2D eigenvalue weighted by atomic mass is 10.1. The van der Waals surface area contributed by atoms with Crippen LogP contribution in [-0.2, 0) is 20.9 Å². The van der Waals surface area contributed by atoms with Crippen LogP contribution in [0, 0.1) is 0 Å². The van der Waals surface area contributed by atoms with Crippen molar-refractivity contribution in [2.75, 3.05) is 7.11 Å². The molecule has 2 amide bonds. The Bertz CT molecular complexity index is 874. The van der Waals surface area contributed by atoms with Crippen LogP contribution in [0.25, 0.3) is 0 Å². The summed E-state index contributed by atoms with van der Waals surface area (Å²) >= 11 is 7.21. The zero-order chi connectivity index (χ0) is 18.7. The molecule has 1 heterocycles. The molecule has 0 radical (unpaired) electrons. The molecule has 0 spiro atoms. The van der Waals surface area contributed by atoms with Crippen LogP contribution in [0.5, 0.6) is 0 Å². The summed E-state index contributed by atoms with van der Waals surface area (Å²) in [5.41, 5.74) is 3.65. The molecular weight excluding hydrogens is 376 g/mol. The molecule has 6 nitrogen and oxygen atoms in total. The molecule has 3 rings (SSSR count). The summed E-state index contributed by atoms with van der Waals surface area (Å²) in [5, 5.41) is 0.828. The summed E-state index contributed by atoms with van der Waals surface area (Å²) in [4.78, 5) is 37.1. The Labute approximate surface area is 159 Å². The van der Waals surface area contributed by atoms with Crippen LogP contribution in [-0.4, -0.2) is 35.2 Å². The van der Waals surface area contributed by atoms with Gasteiger partial charge < -0.3 is 4.74 Å². The largest absolute Gasteiger partial charge is 0.465 e. The van der Waals surface area contributed by atoms with Crippen LogP contribution >= 0.6 is 23.4 Å². The highest BCUT2D eigenvalue weighted by molar-refractivity contribution is 8.01. The fourth-order valence-corrected chi connectivity index (χ4v) is 3.74. The number of ether oxygens (including phenoxy) is 1. The molecule has 0 aliphatic carbocycles. The highest BCUT2D eigenvalue weighted by Gasteiger charge is 2.40. The van der Waals surface area contributed by atoms with Gasteiger partial charge in [0.1, 0.15) is 0 Å². The predicted molar refractivity (Wildman–Crippen MR) is 97.6 cm³/mol. The summed E-state index contributed by atoms with van der Waals surface area (Å²) in [7, 11) is 1.30. The zero-order valence-corrected chi connectivity index (χ0v) is 15.3. The van der Waals surface area contributed by atoms with E-state index in [-0.39, 0.29) is 12.5 Å². The highest BCUT2D eigenvalue weighted by Crippen LogP contribution is 2.32. The number of thioether (sulfide) groups is 1. The molecule has 8 heteroatoms. The van der Waals surface area contributed by atoms with Gasteiger partial charge in [0.2, 0.25) is 0 Å². The van der Waals surface area contributed by atoms with Crippen molar-refractivity contribution in [2.24, 2.45) is 0 Å². The van der Waals surface area contributed by atoms with E-state index in [2.05, 4.69) is 10.2 Å². The molecule has 1 N–H and O–H groups in total. The number of halogens is 1. The number of benzene rings is 2. The Kier molecular flexibility index (Phi) is 5.49. The van der Waals surface area contributed by atoms with E-state index < -0.39 is 17.1 Å². The normalized spacial score (nSPS) is 16.5.